The molecule has 2 aromatic rings. The van der Waals surface area contributed by atoms with Crippen LogP contribution < -0.4 is 10.9 Å². The van der Waals surface area contributed by atoms with E-state index < -0.39 is 17.4 Å². The fraction of sp³-hybridized carbons (Fsp3) is 0.357. The molecule has 114 valence electrons. The van der Waals surface area contributed by atoms with Crippen LogP contribution in [0.5, 0.6) is 0 Å². The van der Waals surface area contributed by atoms with Crippen molar-refractivity contribution < 1.29 is 13.2 Å². The van der Waals surface area contributed by atoms with E-state index in [4.69, 9.17) is 0 Å². The summed E-state index contributed by atoms with van der Waals surface area (Å²) in [6.07, 6.45) is -3.69. The highest BCUT2D eigenvalue weighted by molar-refractivity contribution is 7.09. The average molecular weight is 316 g/mol. The van der Waals surface area contributed by atoms with Crippen molar-refractivity contribution >= 4 is 11.3 Å². The van der Waals surface area contributed by atoms with E-state index in [1.807, 2.05) is 17.5 Å². The zero-order valence-electron chi connectivity index (χ0n) is 11.2. The number of hydrogen-bond acceptors (Lipinski definition) is 3. The quantitative estimate of drug-likeness (QED) is 0.832. The average Bonchev–Trinajstić information content (AvgIpc) is 2.92. The van der Waals surface area contributed by atoms with Crippen molar-refractivity contribution in [3.63, 3.8) is 0 Å². The van der Waals surface area contributed by atoms with Gasteiger partial charge < -0.3 is 9.88 Å². The molecule has 0 bridgehead atoms. The molecule has 2 rings (SSSR count). The Balaban J connectivity index is 1.89. The van der Waals surface area contributed by atoms with Gasteiger partial charge in [-0.3, -0.25) is 4.79 Å². The number of nitrogens with one attached hydrogen (secondary N) is 1. The Bertz CT molecular complexity index is 620. The highest BCUT2D eigenvalue weighted by Crippen LogP contribution is 2.27. The van der Waals surface area contributed by atoms with Gasteiger partial charge in [0.25, 0.3) is 5.56 Å². The largest absolute Gasteiger partial charge is 0.431 e. The van der Waals surface area contributed by atoms with Crippen molar-refractivity contribution in [2.75, 3.05) is 13.1 Å². The lowest BCUT2D eigenvalue weighted by Crippen LogP contribution is -2.32. The molecule has 0 aliphatic rings. The number of hydrogen-bond donors (Lipinski definition) is 1. The van der Waals surface area contributed by atoms with Gasteiger partial charge >= 0.3 is 6.18 Å². The Morgan fingerprint density at radius 3 is 2.62 bits per heavy atom. The maximum Gasteiger partial charge on any atom is 0.431 e. The Morgan fingerprint density at radius 1 is 1.14 bits per heavy atom. The summed E-state index contributed by atoms with van der Waals surface area (Å²) in [5.74, 6) is 0. The third kappa shape index (κ3) is 4.44. The van der Waals surface area contributed by atoms with E-state index in [2.05, 4.69) is 5.32 Å². The van der Waals surface area contributed by atoms with Crippen LogP contribution in [0.15, 0.2) is 40.5 Å². The molecule has 0 unspecified atom stereocenters. The smallest absolute Gasteiger partial charge is 0.315 e. The normalized spacial score (nSPS) is 11.8. The van der Waals surface area contributed by atoms with Gasteiger partial charge in [-0.05, 0) is 23.9 Å². The SMILES string of the molecule is O=c1cccc(C(F)(F)F)n1CCNCCc1cccs1. The van der Waals surface area contributed by atoms with Gasteiger partial charge in [0.05, 0.1) is 0 Å². The van der Waals surface area contributed by atoms with Gasteiger partial charge in [0, 0.05) is 30.6 Å². The molecule has 0 aromatic carbocycles. The Hall–Kier alpha value is -1.60. The van der Waals surface area contributed by atoms with E-state index in [9.17, 15) is 18.0 Å². The molecule has 2 heterocycles. The second-order valence-electron chi connectivity index (χ2n) is 4.48. The zero-order chi connectivity index (χ0) is 15.3. The summed E-state index contributed by atoms with van der Waals surface area (Å²) in [4.78, 5) is 12.8. The monoisotopic (exact) mass is 316 g/mol. The molecule has 0 radical (unpaired) electrons. The fourth-order valence-corrected chi connectivity index (χ4v) is 2.69. The second kappa shape index (κ2) is 6.91. The molecule has 7 heteroatoms. The number of halogens is 3. The van der Waals surface area contributed by atoms with Gasteiger partial charge in [0.2, 0.25) is 0 Å². The maximum absolute atomic E-state index is 12.8. The lowest BCUT2D eigenvalue weighted by atomic mass is 10.3. The van der Waals surface area contributed by atoms with Crippen LogP contribution in [-0.2, 0) is 19.1 Å². The van der Waals surface area contributed by atoms with Crippen LogP contribution in [-0.4, -0.2) is 17.7 Å². The minimum Gasteiger partial charge on any atom is -0.315 e. The zero-order valence-corrected chi connectivity index (χ0v) is 12.0. The molecule has 3 nitrogen and oxygen atoms in total. The lowest BCUT2D eigenvalue weighted by molar-refractivity contribution is -0.144. The van der Waals surface area contributed by atoms with Crippen molar-refractivity contribution in [1.29, 1.82) is 0 Å². The van der Waals surface area contributed by atoms with E-state index in [1.165, 1.54) is 4.88 Å². The van der Waals surface area contributed by atoms with Crippen LogP contribution in [0, 0.1) is 0 Å². The van der Waals surface area contributed by atoms with E-state index in [0.29, 0.717) is 13.1 Å². The standard InChI is InChI=1S/C14H15F3N2OS/c15-14(16,17)12-4-1-5-13(20)19(12)9-8-18-7-6-11-3-2-10-21-11/h1-5,10,18H,6-9H2. The minimum atomic E-state index is -4.52. The van der Waals surface area contributed by atoms with Gasteiger partial charge in [-0.15, -0.1) is 11.3 Å². The second-order valence-corrected chi connectivity index (χ2v) is 5.51. The first-order valence-corrected chi connectivity index (χ1v) is 7.36. The van der Waals surface area contributed by atoms with E-state index in [-0.39, 0.29) is 6.54 Å². The van der Waals surface area contributed by atoms with Crippen LogP contribution in [0.3, 0.4) is 0 Å². The molecular weight excluding hydrogens is 301 g/mol. The number of rotatable bonds is 6. The summed E-state index contributed by atoms with van der Waals surface area (Å²) < 4.78 is 39.2. The summed E-state index contributed by atoms with van der Waals surface area (Å²) in [6, 6.07) is 7.16. The van der Waals surface area contributed by atoms with Crippen LogP contribution in [0.1, 0.15) is 10.6 Å². The highest BCUT2D eigenvalue weighted by Gasteiger charge is 2.33. The summed E-state index contributed by atoms with van der Waals surface area (Å²) in [5.41, 5.74) is -1.54. The lowest BCUT2D eigenvalue weighted by Gasteiger charge is -2.15. The van der Waals surface area contributed by atoms with E-state index in [1.54, 1.807) is 11.3 Å². The molecule has 0 amide bonds. The van der Waals surface area contributed by atoms with Crippen molar-refractivity contribution in [3.8, 4) is 0 Å². The first-order chi connectivity index (χ1) is 9.98. The molecule has 0 fully saturated rings. The number of pyridine rings is 1. The maximum atomic E-state index is 12.8. The molecular formula is C14H15F3N2OS. The number of aromatic nitrogens is 1. The first-order valence-electron chi connectivity index (χ1n) is 6.48. The van der Waals surface area contributed by atoms with Crippen LogP contribution in [0.25, 0.3) is 0 Å². The third-order valence-electron chi connectivity index (χ3n) is 2.98. The molecule has 2 aromatic heterocycles. The van der Waals surface area contributed by atoms with E-state index >= 15 is 0 Å². The first kappa shape index (κ1) is 15.8. The summed E-state index contributed by atoms with van der Waals surface area (Å²) >= 11 is 1.64. The van der Waals surface area contributed by atoms with Crippen molar-refractivity contribution in [1.82, 2.24) is 9.88 Å². The van der Waals surface area contributed by atoms with Crippen molar-refractivity contribution in [2.24, 2.45) is 0 Å². The van der Waals surface area contributed by atoms with Gasteiger partial charge in [-0.1, -0.05) is 12.1 Å². The number of alkyl halides is 3. The van der Waals surface area contributed by atoms with Crippen molar-refractivity contribution in [3.05, 3.63) is 56.6 Å². The van der Waals surface area contributed by atoms with Gasteiger partial charge in [0.1, 0.15) is 5.69 Å². The molecule has 21 heavy (non-hydrogen) atoms. The van der Waals surface area contributed by atoms with Gasteiger partial charge in [-0.25, -0.2) is 0 Å². The molecule has 0 atom stereocenters. The summed E-state index contributed by atoms with van der Waals surface area (Å²) in [6.45, 7) is 0.987. The summed E-state index contributed by atoms with van der Waals surface area (Å²) in [5, 5.41) is 5.04. The number of thiophene rings is 1. The molecule has 0 saturated heterocycles. The minimum absolute atomic E-state index is 0.00103. The number of nitrogens with zero attached hydrogens (tertiary/aromatic N) is 1. The fourth-order valence-electron chi connectivity index (χ4n) is 1.98. The Labute approximate surface area is 124 Å². The Kier molecular flexibility index (Phi) is 5.19. The topological polar surface area (TPSA) is 34.0 Å². The van der Waals surface area contributed by atoms with Gasteiger partial charge in [0.15, 0.2) is 0 Å². The predicted octanol–water partition coefficient (Wildman–Crippen LogP) is 2.76. The molecule has 0 spiro atoms. The summed E-state index contributed by atoms with van der Waals surface area (Å²) in [7, 11) is 0. The van der Waals surface area contributed by atoms with Crippen LogP contribution in [0.4, 0.5) is 13.2 Å². The van der Waals surface area contributed by atoms with Gasteiger partial charge in [-0.2, -0.15) is 13.2 Å². The van der Waals surface area contributed by atoms with Crippen molar-refractivity contribution in [2.45, 2.75) is 19.1 Å². The Morgan fingerprint density at radius 2 is 1.95 bits per heavy atom. The molecule has 0 aliphatic heterocycles. The molecule has 0 aliphatic carbocycles. The van der Waals surface area contributed by atoms with Crippen LogP contribution >= 0.6 is 11.3 Å². The van der Waals surface area contributed by atoms with Crippen LogP contribution in [0.2, 0.25) is 0 Å². The molecule has 0 saturated carbocycles. The molecule has 1 N–H and O–H groups in total. The highest BCUT2D eigenvalue weighted by atomic mass is 32.1. The predicted molar refractivity (Wildman–Crippen MR) is 76.6 cm³/mol. The third-order valence-corrected chi connectivity index (χ3v) is 3.92. The van der Waals surface area contributed by atoms with E-state index in [0.717, 1.165) is 29.2 Å².